The highest BCUT2D eigenvalue weighted by molar-refractivity contribution is 5.43. The maximum absolute atomic E-state index is 4.53. The Morgan fingerprint density at radius 1 is 1.05 bits per heavy atom. The largest absolute Gasteiger partial charge is 0.354 e. The zero-order valence-corrected chi connectivity index (χ0v) is 12.6. The molecule has 1 aromatic rings. The first-order valence-electron chi connectivity index (χ1n) is 7.61. The first-order valence-corrected chi connectivity index (χ1v) is 7.61. The van der Waals surface area contributed by atoms with Crippen LogP contribution in [0.15, 0.2) is 0 Å². The van der Waals surface area contributed by atoms with Crippen LogP contribution in [0.25, 0.3) is 0 Å². The van der Waals surface area contributed by atoms with Crippen LogP contribution in [-0.2, 0) is 0 Å². The Bertz CT molecular complexity index is 455. The molecule has 2 saturated carbocycles. The standard InChI is InChI=1S/C14H24N6/c1-4-15-12-17-13(19-14(18-12)20(2)3)16-11(9-5-6-9)10-7-8-10/h9-11H,4-8H2,1-3H3,(H2,15,16,17,18,19). The Morgan fingerprint density at radius 2 is 1.65 bits per heavy atom. The number of nitrogens with zero attached hydrogens (tertiary/aromatic N) is 4. The van der Waals surface area contributed by atoms with Crippen molar-refractivity contribution < 1.29 is 0 Å². The zero-order valence-electron chi connectivity index (χ0n) is 12.6. The van der Waals surface area contributed by atoms with Gasteiger partial charge in [0.2, 0.25) is 17.8 Å². The molecule has 1 aromatic heterocycles. The molecular weight excluding hydrogens is 252 g/mol. The van der Waals surface area contributed by atoms with E-state index in [2.05, 4.69) is 25.6 Å². The second-order valence-corrected chi connectivity index (χ2v) is 6.05. The van der Waals surface area contributed by atoms with Crippen molar-refractivity contribution in [2.75, 3.05) is 36.2 Å². The Kier molecular flexibility index (Phi) is 3.63. The smallest absolute Gasteiger partial charge is 0.231 e. The van der Waals surface area contributed by atoms with Gasteiger partial charge in [0.1, 0.15) is 0 Å². The van der Waals surface area contributed by atoms with Crippen molar-refractivity contribution in [2.45, 2.75) is 38.6 Å². The molecule has 0 aliphatic heterocycles. The molecule has 2 aliphatic rings. The van der Waals surface area contributed by atoms with Gasteiger partial charge in [-0.1, -0.05) is 0 Å². The summed E-state index contributed by atoms with van der Waals surface area (Å²) in [6.07, 6.45) is 5.39. The molecule has 110 valence electrons. The maximum Gasteiger partial charge on any atom is 0.231 e. The fraction of sp³-hybridized carbons (Fsp3) is 0.786. The van der Waals surface area contributed by atoms with Crippen molar-refractivity contribution in [3.63, 3.8) is 0 Å². The van der Waals surface area contributed by atoms with Gasteiger partial charge in [-0.2, -0.15) is 15.0 Å². The van der Waals surface area contributed by atoms with E-state index in [4.69, 9.17) is 0 Å². The van der Waals surface area contributed by atoms with Crippen molar-refractivity contribution in [1.82, 2.24) is 15.0 Å². The van der Waals surface area contributed by atoms with Crippen molar-refractivity contribution >= 4 is 17.8 Å². The first kappa shape index (κ1) is 13.4. The molecule has 2 N–H and O–H groups in total. The lowest BCUT2D eigenvalue weighted by atomic mass is 10.1. The zero-order chi connectivity index (χ0) is 14.1. The van der Waals surface area contributed by atoms with E-state index in [1.54, 1.807) is 0 Å². The van der Waals surface area contributed by atoms with Crippen molar-refractivity contribution in [2.24, 2.45) is 11.8 Å². The van der Waals surface area contributed by atoms with Gasteiger partial charge in [0.15, 0.2) is 0 Å². The van der Waals surface area contributed by atoms with Crippen LogP contribution in [0.3, 0.4) is 0 Å². The quantitative estimate of drug-likeness (QED) is 0.794. The molecule has 0 amide bonds. The van der Waals surface area contributed by atoms with Crippen molar-refractivity contribution in [3.8, 4) is 0 Å². The highest BCUT2D eigenvalue weighted by Crippen LogP contribution is 2.45. The molecule has 0 atom stereocenters. The molecule has 0 bridgehead atoms. The summed E-state index contributed by atoms with van der Waals surface area (Å²) < 4.78 is 0. The van der Waals surface area contributed by atoms with Gasteiger partial charge >= 0.3 is 0 Å². The van der Waals surface area contributed by atoms with Crippen LogP contribution < -0.4 is 15.5 Å². The van der Waals surface area contributed by atoms with Crippen molar-refractivity contribution in [3.05, 3.63) is 0 Å². The van der Waals surface area contributed by atoms with E-state index >= 15 is 0 Å². The van der Waals surface area contributed by atoms with E-state index in [-0.39, 0.29) is 0 Å². The van der Waals surface area contributed by atoms with Gasteiger partial charge in [-0.05, 0) is 44.4 Å². The van der Waals surface area contributed by atoms with Gasteiger partial charge in [0.25, 0.3) is 0 Å². The number of hydrogen-bond acceptors (Lipinski definition) is 6. The summed E-state index contributed by atoms with van der Waals surface area (Å²) in [6, 6.07) is 0.557. The SMILES string of the molecule is CCNc1nc(NC(C2CC2)C2CC2)nc(N(C)C)n1. The maximum atomic E-state index is 4.53. The average Bonchev–Trinajstić information content (AvgIpc) is 3.28. The van der Waals surface area contributed by atoms with Crippen LogP contribution in [-0.4, -0.2) is 41.6 Å². The molecule has 0 spiro atoms. The Labute approximate surface area is 120 Å². The molecule has 20 heavy (non-hydrogen) atoms. The minimum Gasteiger partial charge on any atom is -0.354 e. The molecule has 0 unspecified atom stereocenters. The topological polar surface area (TPSA) is 66.0 Å². The molecule has 3 rings (SSSR count). The number of anilines is 3. The third-order valence-electron chi connectivity index (χ3n) is 3.91. The summed E-state index contributed by atoms with van der Waals surface area (Å²) >= 11 is 0. The lowest BCUT2D eigenvalue weighted by Crippen LogP contribution is -2.26. The van der Waals surface area contributed by atoms with E-state index in [9.17, 15) is 0 Å². The molecule has 1 heterocycles. The minimum atomic E-state index is 0.557. The van der Waals surface area contributed by atoms with E-state index in [1.165, 1.54) is 25.7 Å². The lowest BCUT2D eigenvalue weighted by molar-refractivity contribution is 0.563. The lowest BCUT2D eigenvalue weighted by Gasteiger charge is -2.19. The summed E-state index contributed by atoms with van der Waals surface area (Å²) in [7, 11) is 3.90. The molecule has 0 saturated heterocycles. The minimum absolute atomic E-state index is 0.557. The van der Waals surface area contributed by atoms with Gasteiger partial charge < -0.3 is 15.5 Å². The van der Waals surface area contributed by atoms with Crippen LogP contribution in [0.5, 0.6) is 0 Å². The fourth-order valence-corrected chi connectivity index (χ4v) is 2.55. The summed E-state index contributed by atoms with van der Waals surface area (Å²) in [6.45, 7) is 2.86. The predicted molar refractivity (Wildman–Crippen MR) is 81.2 cm³/mol. The summed E-state index contributed by atoms with van der Waals surface area (Å²) in [5.74, 6) is 3.71. The highest BCUT2D eigenvalue weighted by atomic mass is 15.3. The number of aromatic nitrogens is 3. The third kappa shape index (κ3) is 3.11. The molecule has 0 radical (unpaired) electrons. The molecule has 0 aromatic carbocycles. The molecular formula is C14H24N6. The monoisotopic (exact) mass is 276 g/mol. The van der Waals surface area contributed by atoms with Crippen LogP contribution in [0.2, 0.25) is 0 Å². The average molecular weight is 276 g/mol. The van der Waals surface area contributed by atoms with Gasteiger partial charge in [-0.15, -0.1) is 0 Å². The van der Waals surface area contributed by atoms with Gasteiger partial charge in [-0.3, -0.25) is 0 Å². The van der Waals surface area contributed by atoms with E-state index < -0.39 is 0 Å². The number of nitrogens with one attached hydrogen (secondary N) is 2. The fourth-order valence-electron chi connectivity index (χ4n) is 2.55. The summed E-state index contributed by atoms with van der Waals surface area (Å²) in [5.41, 5.74) is 0. The summed E-state index contributed by atoms with van der Waals surface area (Å²) in [4.78, 5) is 15.3. The van der Waals surface area contributed by atoms with Crippen LogP contribution in [0, 0.1) is 11.8 Å². The van der Waals surface area contributed by atoms with Gasteiger partial charge in [-0.25, -0.2) is 0 Å². The van der Waals surface area contributed by atoms with Crippen LogP contribution in [0.1, 0.15) is 32.6 Å². The number of hydrogen-bond donors (Lipinski definition) is 2. The molecule has 2 fully saturated rings. The normalized spacial score (nSPS) is 18.2. The molecule has 6 heteroatoms. The Morgan fingerprint density at radius 3 is 2.15 bits per heavy atom. The third-order valence-corrected chi connectivity index (χ3v) is 3.91. The number of rotatable bonds is 7. The highest BCUT2D eigenvalue weighted by Gasteiger charge is 2.41. The second kappa shape index (κ2) is 5.42. The van der Waals surface area contributed by atoms with Gasteiger partial charge in [0, 0.05) is 26.7 Å². The molecule has 6 nitrogen and oxygen atoms in total. The van der Waals surface area contributed by atoms with Crippen molar-refractivity contribution in [1.29, 1.82) is 0 Å². The first-order chi connectivity index (χ1) is 9.67. The van der Waals surface area contributed by atoms with Gasteiger partial charge in [0.05, 0.1) is 0 Å². The Hall–Kier alpha value is -1.59. The predicted octanol–water partition coefficient (Wildman–Crippen LogP) is 1.97. The summed E-state index contributed by atoms with van der Waals surface area (Å²) in [5, 5.41) is 6.75. The van der Waals surface area contributed by atoms with E-state index in [0.29, 0.717) is 23.9 Å². The Balaban J connectivity index is 1.79. The van der Waals surface area contributed by atoms with E-state index in [1.807, 2.05) is 25.9 Å². The molecule has 2 aliphatic carbocycles. The van der Waals surface area contributed by atoms with Crippen LogP contribution >= 0.6 is 0 Å². The van der Waals surface area contributed by atoms with E-state index in [0.717, 1.165) is 18.4 Å². The van der Waals surface area contributed by atoms with Crippen LogP contribution in [0.4, 0.5) is 17.8 Å². The second-order valence-electron chi connectivity index (χ2n) is 6.05.